The number of carbonyl (C=O) groups is 1. The number of alkyl halides is 3. The van der Waals surface area contributed by atoms with Crippen molar-refractivity contribution in [2.45, 2.75) is 6.18 Å². The molecule has 0 bridgehead atoms. The first-order chi connectivity index (χ1) is 10.7. The Hall–Kier alpha value is -1.99. The van der Waals surface area contributed by atoms with Gasteiger partial charge in [-0.1, -0.05) is 23.2 Å². The van der Waals surface area contributed by atoms with Crippen LogP contribution < -0.4 is 15.6 Å². The molecule has 0 radical (unpaired) electrons. The lowest BCUT2D eigenvalue weighted by Crippen LogP contribution is -2.23. The number of halogens is 5. The van der Waals surface area contributed by atoms with Gasteiger partial charge in [0.05, 0.1) is 28.9 Å². The van der Waals surface area contributed by atoms with Crippen LogP contribution in [0.25, 0.3) is 0 Å². The average molecular weight is 365 g/mol. The molecule has 1 aromatic heterocycles. The number of nitrogens with one attached hydrogen (secondary N) is 3. The first-order valence-corrected chi connectivity index (χ1v) is 7.05. The van der Waals surface area contributed by atoms with Crippen LogP contribution in [0.15, 0.2) is 30.5 Å². The van der Waals surface area contributed by atoms with E-state index in [0.717, 1.165) is 12.3 Å². The van der Waals surface area contributed by atoms with Crippen molar-refractivity contribution in [3.05, 3.63) is 51.6 Å². The van der Waals surface area contributed by atoms with Crippen LogP contribution in [0, 0.1) is 0 Å². The summed E-state index contributed by atoms with van der Waals surface area (Å²) in [5.41, 5.74) is -1.46. The molecule has 0 saturated heterocycles. The van der Waals surface area contributed by atoms with Gasteiger partial charge in [0, 0.05) is 11.1 Å². The van der Waals surface area contributed by atoms with Crippen molar-refractivity contribution in [2.75, 3.05) is 17.7 Å². The number of hydrogen-bond acceptors (Lipinski definition) is 2. The number of amides is 1. The zero-order chi connectivity index (χ0) is 17.2. The van der Waals surface area contributed by atoms with E-state index in [2.05, 4.69) is 15.6 Å². The van der Waals surface area contributed by atoms with Crippen molar-refractivity contribution >= 4 is 40.6 Å². The van der Waals surface area contributed by atoms with Crippen molar-refractivity contribution in [3.63, 3.8) is 0 Å². The quantitative estimate of drug-likeness (QED) is 0.860. The minimum absolute atomic E-state index is 0.121. The van der Waals surface area contributed by atoms with E-state index >= 15 is 0 Å². The summed E-state index contributed by atoms with van der Waals surface area (Å²) in [7, 11) is 1.46. The molecule has 0 aliphatic heterocycles. The fourth-order valence-electron chi connectivity index (χ4n) is 1.84. The van der Waals surface area contributed by atoms with Gasteiger partial charge in [-0.3, -0.25) is 10.1 Å². The second-order valence-electron chi connectivity index (χ2n) is 4.50. The molecule has 0 spiro atoms. The Balaban J connectivity index is 2.39. The largest absolute Gasteiger partial charge is 0.417 e. The molecular formula is C14H11Cl2F3N3O+. The van der Waals surface area contributed by atoms with Crippen LogP contribution >= 0.6 is 23.2 Å². The first-order valence-electron chi connectivity index (χ1n) is 6.29. The fourth-order valence-corrected chi connectivity index (χ4v) is 2.29. The van der Waals surface area contributed by atoms with Gasteiger partial charge in [-0.25, -0.2) is 4.98 Å². The van der Waals surface area contributed by atoms with Crippen molar-refractivity contribution < 1.29 is 22.9 Å². The monoisotopic (exact) mass is 364 g/mol. The number of anilines is 2. The summed E-state index contributed by atoms with van der Waals surface area (Å²) >= 11 is 11.6. The summed E-state index contributed by atoms with van der Waals surface area (Å²) in [4.78, 5) is 14.7. The van der Waals surface area contributed by atoms with Gasteiger partial charge in [-0.05, 0) is 18.2 Å². The number of carbonyl (C=O) groups excluding carboxylic acids is 1. The number of pyridine rings is 1. The van der Waals surface area contributed by atoms with E-state index in [9.17, 15) is 18.0 Å². The molecule has 1 aromatic carbocycles. The Labute approximate surface area is 139 Å². The molecule has 2 aromatic rings. The second-order valence-corrected chi connectivity index (χ2v) is 5.34. The number of hydrogen-bond donors (Lipinski definition) is 2. The topological polar surface area (TPSA) is 55.3 Å². The summed E-state index contributed by atoms with van der Waals surface area (Å²) in [6.07, 6.45) is -3.70. The van der Waals surface area contributed by atoms with Crippen LogP contribution in [-0.4, -0.2) is 13.0 Å². The number of benzene rings is 1. The Morgan fingerprint density at radius 2 is 1.91 bits per heavy atom. The Morgan fingerprint density at radius 3 is 2.48 bits per heavy atom. The molecule has 0 atom stereocenters. The average Bonchev–Trinajstić information content (AvgIpc) is 2.48. The van der Waals surface area contributed by atoms with Gasteiger partial charge in [0.1, 0.15) is 6.20 Å². The van der Waals surface area contributed by atoms with E-state index in [1.807, 2.05) is 0 Å². The number of aromatic amines is 1. The van der Waals surface area contributed by atoms with E-state index in [1.54, 1.807) is 0 Å². The highest BCUT2D eigenvalue weighted by Gasteiger charge is 2.37. The maximum Gasteiger partial charge on any atom is 0.417 e. The highest BCUT2D eigenvalue weighted by molar-refractivity contribution is 6.36. The highest BCUT2D eigenvalue weighted by Crippen LogP contribution is 2.33. The number of rotatable bonds is 3. The van der Waals surface area contributed by atoms with Gasteiger partial charge < -0.3 is 5.32 Å². The predicted molar refractivity (Wildman–Crippen MR) is 82.0 cm³/mol. The highest BCUT2D eigenvalue weighted by atomic mass is 35.5. The summed E-state index contributed by atoms with van der Waals surface area (Å²) in [6.45, 7) is 0. The summed E-state index contributed by atoms with van der Waals surface area (Å²) in [6, 6.07) is 5.06. The van der Waals surface area contributed by atoms with Crippen molar-refractivity contribution in [3.8, 4) is 0 Å². The molecule has 0 unspecified atom stereocenters. The Bertz CT molecular complexity index is 751. The predicted octanol–water partition coefficient (Wildman–Crippen LogP) is 4.12. The number of H-pyrrole nitrogens is 1. The second kappa shape index (κ2) is 6.64. The lowest BCUT2D eigenvalue weighted by atomic mass is 10.1. The molecule has 3 N–H and O–H groups in total. The third-order valence-corrected chi connectivity index (χ3v) is 3.50. The van der Waals surface area contributed by atoms with Crippen LogP contribution in [-0.2, 0) is 6.18 Å². The molecule has 23 heavy (non-hydrogen) atoms. The number of aromatic nitrogens is 1. The summed E-state index contributed by atoms with van der Waals surface area (Å²) in [5, 5.41) is 5.35. The molecule has 9 heteroatoms. The van der Waals surface area contributed by atoms with Gasteiger partial charge in [0.25, 0.3) is 11.7 Å². The van der Waals surface area contributed by atoms with Gasteiger partial charge in [0.2, 0.25) is 0 Å². The maximum absolute atomic E-state index is 13.1. The molecule has 0 aliphatic rings. The zero-order valence-electron chi connectivity index (χ0n) is 11.7. The SMILES string of the molecule is CNc1cc(C(F)(F)F)c(C(=O)Nc2ccc(Cl)cc2Cl)c[nH+]1. The van der Waals surface area contributed by atoms with E-state index in [0.29, 0.717) is 5.02 Å². The molecule has 1 amide bonds. The lowest BCUT2D eigenvalue weighted by Gasteiger charge is -2.13. The van der Waals surface area contributed by atoms with E-state index in [4.69, 9.17) is 23.2 Å². The third-order valence-electron chi connectivity index (χ3n) is 2.95. The first kappa shape index (κ1) is 17.4. The van der Waals surface area contributed by atoms with Crippen LogP contribution in [0.5, 0.6) is 0 Å². The van der Waals surface area contributed by atoms with Gasteiger partial charge in [-0.15, -0.1) is 0 Å². The summed E-state index contributed by atoms with van der Waals surface area (Å²) in [5.74, 6) is -0.821. The van der Waals surface area contributed by atoms with Crippen molar-refractivity contribution in [2.24, 2.45) is 0 Å². The summed E-state index contributed by atoms with van der Waals surface area (Å²) < 4.78 is 39.4. The fraction of sp³-hybridized carbons (Fsp3) is 0.143. The van der Waals surface area contributed by atoms with Crippen molar-refractivity contribution in [1.29, 1.82) is 0 Å². The van der Waals surface area contributed by atoms with E-state index < -0.39 is 23.2 Å². The third kappa shape index (κ3) is 4.05. The van der Waals surface area contributed by atoms with Gasteiger partial charge in [-0.2, -0.15) is 13.2 Å². The minimum atomic E-state index is -4.68. The van der Waals surface area contributed by atoms with Crippen LogP contribution in [0.3, 0.4) is 0 Å². The van der Waals surface area contributed by atoms with Crippen molar-refractivity contribution in [1.82, 2.24) is 0 Å². The van der Waals surface area contributed by atoms with Gasteiger partial charge >= 0.3 is 6.18 Å². The molecule has 4 nitrogen and oxygen atoms in total. The minimum Gasteiger partial charge on any atom is -0.320 e. The smallest absolute Gasteiger partial charge is 0.320 e. The van der Waals surface area contributed by atoms with Crippen LogP contribution in [0.1, 0.15) is 15.9 Å². The molecule has 2 rings (SSSR count). The molecular weight excluding hydrogens is 354 g/mol. The molecule has 122 valence electrons. The standard InChI is InChI=1S/C14H10Cl2F3N3O/c1-20-12-5-9(14(17,18)19)8(6-21-12)13(23)22-11-3-2-7(15)4-10(11)16/h2-6H,1H3,(H,20,21)(H,22,23)/p+1. The molecule has 0 aliphatic carbocycles. The maximum atomic E-state index is 13.1. The van der Waals surface area contributed by atoms with Crippen LogP contribution in [0.4, 0.5) is 24.7 Å². The van der Waals surface area contributed by atoms with E-state index in [1.165, 1.54) is 25.2 Å². The normalized spacial score (nSPS) is 11.2. The molecule has 1 heterocycles. The van der Waals surface area contributed by atoms with Crippen LogP contribution in [0.2, 0.25) is 10.0 Å². The van der Waals surface area contributed by atoms with E-state index in [-0.39, 0.29) is 16.5 Å². The molecule has 0 saturated carbocycles. The Morgan fingerprint density at radius 1 is 1.22 bits per heavy atom. The molecule has 0 fully saturated rings. The lowest BCUT2D eigenvalue weighted by molar-refractivity contribution is -0.361. The Kier molecular flexibility index (Phi) is 5.01. The zero-order valence-corrected chi connectivity index (χ0v) is 13.2. The van der Waals surface area contributed by atoms with Gasteiger partial charge in [0.15, 0.2) is 0 Å².